The summed E-state index contributed by atoms with van der Waals surface area (Å²) >= 11 is 6.25. The molecule has 0 spiro atoms. The van der Waals surface area contributed by atoms with Crippen LogP contribution in [0.25, 0.3) is 0 Å². The Morgan fingerprint density at radius 2 is 1.81 bits per heavy atom. The van der Waals surface area contributed by atoms with Crippen LogP contribution in [-0.2, 0) is 13.2 Å². The Bertz CT molecular complexity index is 661. The Hall–Kier alpha value is -1.75. The molecule has 0 heterocycles. The summed E-state index contributed by atoms with van der Waals surface area (Å²) < 4.78 is 11.6. The van der Waals surface area contributed by atoms with Crippen LogP contribution in [0.1, 0.15) is 25.0 Å². The number of hydrogen-bond donors (Lipinski definition) is 1. The number of benzene rings is 2. The van der Waals surface area contributed by atoms with E-state index in [9.17, 15) is 0 Å². The molecule has 0 saturated carbocycles. The number of halogens is 1. The van der Waals surface area contributed by atoms with E-state index in [1.165, 1.54) is 0 Å². The van der Waals surface area contributed by atoms with Crippen LogP contribution in [0, 0.1) is 0 Å². The van der Waals surface area contributed by atoms with Crippen LogP contribution < -0.4 is 14.8 Å². The Morgan fingerprint density at radius 3 is 2.46 bits per heavy atom. The van der Waals surface area contributed by atoms with Crippen LogP contribution in [0.15, 0.2) is 42.5 Å². The number of nitrogens with zero attached hydrogens (tertiary/aromatic N) is 1. The molecule has 0 aromatic heterocycles. The SMILES string of the molecule is CCN(CC)CCNCc1cc(Cl)cc(OC)c1OCc1ccccc1. The first-order valence-electron chi connectivity index (χ1n) is 9.14. The van der Waals surface area contributed by atoms with Crippen molar-refractivity contribution in [3.8, 4) is 11.5 Å². The lowest BCUT2D eigenvalue weighted by Crippen LogP contribution is -2.31. The van der Waals surface area contributed by atoms with E-state index < -0.39 is 0 Å². The monoisotopic (exact) mass is 376 g/mol. The zero-order valence-electron chi connectivity index (χ0n) is 15.9. The van der Waals surface area contributed by atoms with E-state index >= 15 is 0 Å². The average molecular weight is 377 g/mol. The van der Waals surface area contributed by atoms with Gasteiger partial charge in [0, 0.05) is 36.3 Å². The zero-order chi connectivity index (χ0) is 18.8. The third-order valence-electron chi connectivity index (χ3n) is 4.36. The van der Waals surface area contributed by atoms with Crippen molar-refractivity contribution in [2.45, 2.75) is 27.0 Å². The predicted molar refractivity (Wildman–Crippen MR) is 108 cm³/mol. The predicted octanol–water partition coefficient (Wildman–Crippen LogP) is 4.36. The number of nitrogens with one attached hydrogen (secondary N) is 1. The third kappa shape index (κ3) is 6.20. The molecule has 0 unspecified atom stereocenters. The van der Waals surface area contributed by atoms with Gasteiger partial charge in [0.2, 0.25) is 0 Å². The number of rotatable bonds is 11. The first-order valence-corrected chi connectivity index (χ1v) is 9.51. The number of likely N-dealkylation sites (N-methyl/N-ethyl adjacent to an activating group) is 1. The summed E-state index contributed by atoms with van der Waals surface area (Å²) in [4.78, 5) is 2.39. The van der Waals surface area contributed by atoms with Gasteiger partial charge in [0.05, 0.1) is 7.11 Å². The first-order chi connectivity index (χ1) is 12.7. The van der Waals surface area contributed by atoms with Gasteiger partial charge in [-0.1, -0.05) is 55.8 Å². The van der Waals surface area contributed by atoms with Gasteiger partial charge in [-0.25, -0.2) is 0 Å². The molecule has 0 fully saturated rings. The van der Waals surface area contributed by atoms with Crippen LogP contribution in [0.2, 0.25) is 5.02 Å². The molecule has 2 rings (SSSR count). The van der Waals surface area contributed by atoms with E-state index in [4.69, 9.17) is 21.1 Å². The van der Waals surface area contributed by atoms with Crippen molar-refractivity contribution in [2.75, 3.05) is 33.3 Å². The summed E-state index contributed by atoms with van der Waals surface area (Å²) in [5.41, 5.74) is 2.12. The number of methoxy groups -OCH3 is 1. The Morgan fingerprint density at radius 1 is 1.08 bits per heavy atom. The molecule has 0 aliphatic carbocycles. The summed E-state index contributed by atoms with van der Waals surface area (Å²) in [6, 6.07) is 13.8. The van der Waals surface area contributed by atoms with E-state index in [1.807, 2.05) is 36.4 Å². The van der Waals surface area contributed by atoms with Crippen LogP contribution >= 0.6 is 11.6 Å². The van der Waals surface area contributed by atoms with Gasteiger partial charge in [-0.05, 0) is 24.7 Å². The molecule has 2 aromatic carbocycles. The van der Waals surface area contributed by atoms with E-state index in [0.717, 1.165) is 43.1 Å². The molecular formula is C21H29ClN2O2. The second-order valence-corrected chi connectivity index (χ2v) is 6.51. The van der Waals surface area contributed by atoms with Crippen molar-refractivity contribution >= 4 is 11.6 Å². The fourth-order valence-corrected chi connectivity index (χ4v) is 3.03. The minimum atomic E-state index is 0.491. The second kappa shape index (κ2) is 11.1. The van der Waals surface area contributed by atoms with Crippen LogP contribution in [0.4, 0.5) is 0 Å². The smallest absolute Gasteiger partial charge is 0.166 e. The van der Waals surface area contributed by atoms with Crippen LogP contribution in [-0.4, -0.2) is 38.2 Å². The van der Waals surface area contributed by atoms with Crippen molar-refractivity contribution in [1.29, 1.82) is 0 Å². The molecule has 26 heavy (non-hydrogen) atoms. The zero-order valence-corrected chi connectivity index (χ0v) is 16.7. The standard InChI is InChI=1S/C21H29ClN2O2/c1-4-24(5-2)12-11-23-15-18-13-19(22)14-20(25-3)21(18)26-16-17-9-7-6-8-10-17/h6-10,13-14,23H,4-5,11-12,15-16H2,1-3H3. The lowest BCUT2D eigenvalue weighted by Gasteiger charge is -2.19. The van der Waals surface area contributed by atoms with Gasteiger partial charge < -0.3 is 19.7 Å². The van der Waals surface area contributed by atoms with Gasteiger partial charge in [0.1, 0.15) is 6.61 Å². The van der Waals surface area contributed by atoms with Crippen LogP contribution in [0.3, 0.4) is 0 Å². The molecule has 0 amide bonds. The summed E-state index contributed by atoms with van der Waals surface area (Å²) in [6.45, 7) is 9.60. The number of ether oxygens (including phenoxy) is 2. The van der Waals surface area contributed by atoms with E-state index in [-0.39, 0.29) is 0 Å². The summed E-state index contributed by atoms with van der Waals surface area (Å²) in [7, 11) is 1.64. The lowest BCUT2D eigenvalue weighted by atomic mass is 10.1. The highest BCUT2D eigenvalue weighted by Crippen LogP contribution is 2.35. The lowest BCUT2D eigenvalue weighted by molar-refractivity contribution is 0.279. The van der Waals surface area contributed by atoms with E-state index in [1.54, 1.807) is 13.2 Å². The maximum atomic E-state index is 6.25. The topological polar surface area (TPSA) is 33.7 Å². The average Bonchev–Trinajstić information content (AvgIpc) is 2.67. The second-order valence-electron chi connectivity index (χ2n) is 6.07. The molecule has 0 bridgehead atoms. The molecule has 0 atom stereocenters. The number of hydrogen-bond acceptors (Lipinski definition) is 4. The maximum absolute atomic E-state index is 6.25. The van der Waals surface area contributed by atoms with Gasteiger partial charge in [-0.2, -0.15) is 0 Å². The van der Waals surface area contributed by atoms with Crippen molar-refractivity contribution in [2.24, 2.45) is 0 Å². The van der Waals surface area contributed by atoms with Crippen molar-refractivity contribution in [1.82, 2.24) is 10.2 Å². The maximum Gasteiger partial charge on any atom is 0.166 e. The fourth-order valence-electron chi connectivity index (χ4n) is 2.80. The van der Waals surface area contributed by atoms with Crippen molar-refractivity contribution in [3.63, 3.8) is 0 Å². The van der Waals surface area contributed by atoms with Crippen molar-refractivity contribution in [3.05, 3.63) is 58.6 Å². The molecule has 0 saturated heterocycles. The minimum absolute atomic E-state index is 0.491. The summed E-state index contributed by atoms with van der Waals surface area (Å²) in [6.07, 6.45) is 0. The normalized spacial score (nSPS) is 11.0. The molecule has 4 nitrogen and oxygen atoms in total. The van der Waals surface area contributed by atoms with Gasteiger partial charge in [-0.15, -0.1) is 0 Å². The molecule has 2 aromatic rings. The van der Waals surface area contributed by atoms with Gasteiger partial charge >= 0.3 is 0 Å². The Balaban J connectivity index is 2.04. The highest BCUT2D eigenvalue weighted by molar-refractivity contribution is 6.30. The third-order valence-corrected chi connectivity index (χ3v) is 4.58. The van der Waals surface area contributed by atoms with Gasteiger partial charge in [0.15, 0.2) is 11.5 Å². The molecule has 1 N–H and O–H groups in total. The largest absolute Gasteiger partial charge is 0.493 e. The first kappa shape index (κ1) is 20.6. The summed E-state index contributed by atoms with van der Waals surface area (Å²) in [5.74, 6) is 1.41. The fraction of sp³-hybridized carbons (Fsp3) is 0.429. The van der Waals surface area contributed by atoms with E-state index in [0.29, 0.717) is 23.9 Å². The quantitative estimate of drug-likeness (QED) is 0.591. The molecule has 0 aliphatic heterocycles. The highest BCUT2D eigenvalue weighted by Gasteiger charge is 2.13. The van der Waals surface area contributed by atoms with Crippen LogP contribution in [0.5, 0.6) is 11.5 Å². The van der Waals surface area contributed by atoms with Gasteiger partial charge in [-0.3, -0.25) is 0 Å². The molecule has 5 heteroatoms. The highest BCUT2D eigenvalue weighted by atomic mass is 35.5. The van der Waals surface area contributed by atoms with Crippen molar-refractivity contribution < 1.29 is 9.47 Å². The molecule has 0 aliphatic rings. The Kier molecular flexibility index (Phi) is 8.75. The van der Waals surface area contributed by atoms with E-state index in [2.05, 4.69) is 24.1 Å². The molecular weight excluding hydrogens is 348 g/mol. The minimum Gasteiger partial charge on any atom is -0.493 e. The molecule has 0 radical (unpaired) electrons. The summed E-state index contributed by atoms with van der Waals surface area (Å²) in [5, 5.41) is 4.13. The van der Waals surface area contributed by atoms with Gasteiger partial charge in [0.25, 0.3) is 0 Å². The Labute approximate surface area is 162 Å². The molecule has 142 valence electrons.